The van der Waals surface area contributed by atoms with E-state index in [4.69, 9.17) is 10.4 Å². The molecule has 0 atom stereocenters. The molecule has 0 saturated heterocycles. The fourth-order valence-corrected chi connectivity index (χ4v) is 2.61. The molecule has 2 aromatic carbocycles. The van der Waals surface area contributed by atoms with Gasteiger partial charge in [-0.3, -0.25) is 9.59 Å². The Balaban J connectivity index is 2.61. The van der Waals surface area contributed by atoms with Crippen LogP contribution in [0, 0.1) is 11.3 Å². The lowest BCUT2D eigenvalue weighted by Crippen LogP contribution is -2.33. The van der Waals surface area contributed by atoms with Crippen LogP contribution in [0.5, 0.6) is 0 Å². The van der Waals surface area contributed by atoms with E-state index in [2.05, 4.69) is 5.32 Å². The highest BCUT2D eigenvalue weighted by Gasteiger charge is 2.21. The summed E-state index contributed by atoms with van der Waals surface area (Å²) in [6, 6.07) is 12.5. The van der Waals surface area contributed by atoms with Crippen LogP contribution in [0.2, 0.25) is 0 Å². The van der Waals surface area contributed by atoms with Gasteiger partial charge in [-0.25, -0.2) is 4.79 Å². The van der Waals surface area contributed by atoms with E-state index < -0.39 is 17.8 Å². The molecule has 7 heteroatoms. The summed E-state index contributed by atoms with van der Waals surface area (Å²) in [6.45, 7) is 1.79. The summed E-state index contributed by atoms with van der Waals surface area (Å²) in [6.07, 6.45) is 1.69. The highest BCUT2D eigenvalue weighted by Crippen LogP contribution is 2.29. The van der Waals surface area contributed by atoms with Crippen LogP contribution < -0.4 is 10.2 Å². The van der Waals surface area contributed by atoms with Gasteiger partial charge in [0.1, 0.15) is 6.54 Å². The van der Waals surface area contributed by atoms with E-state index in [-0.39, 0.29) is 18.7 Å². The topological polar surface area (TPSA) is 110 Å². The van der Waals surface area contributed by atoms with Gasteiger partial charge in [0, 0.05) is 18.7 Å². The number of likely N-dealkylation sites (N-methyl/N-ethyl adjacent to an activating group) is 1. The number of hydrogen-bond donors (Lipinski definition) is 2. The molecule has 2 rings (SSSR count). The number of carboxylic acids is 1. The van der Waals surface area contributed by atoms with Gasteiger partial charge in [-0.05, 0) is 23.8 Å². The molecule has 0 aliphatic carbocycles. The molecule has 2 aromatic rings. The molecular weight excluding hydrogens is 334 g/mol. The van der Waals surface area contributed by atoms with Crippen LogP contribution in [0.25, 0.3) is 10.8 Å². The van der Waals surface area contributed by atoms with E-state index in [9.17, 15) is 14.4 Å². The van der Waals surface area contributed by atoms with Gasteiger partial charge in [0.05, 0.1) is 17.3 Å². The smallest absolute Gasteiger partial charge is 0.328 e. The lowest BCUT2D eigenvalue weighted by Gasteiger charge is -2.23. The van der Waals surface area contributed by atoms with Crippen LogP contribution in [-0.2, 0) is 9.59 Å². The number of rotatable bonds is 6. The molecule has 0 unspecified atom stereocenters. The first kappa shape index (κ1) is 18.7. The first-order valence-corrected chi connectivity index (χ1v) is 7.89. The Morgan fingerprint density at radius 3 is 2.58 bits per heavy atom. The van der Waals surface area contributed by atoms with Crippen molar-refractivity contribution in [2.24, 2.45) is 0 Å². The number of fused-ring (bicyclic) bond motifs is 1. The number of nitriles is 1. The van der Waals surface area contributed by atoms with Crippen molar-refractivity contribution in [1.82, 2.24) is 5.32 Å². The van der Waals surface area contributed by atoms with Crippen LogP contribution in [0.1, 0.15) is 17.3 Å². The number of carbonyl (C=O) groups is 3. The van der Waals surface area contributed by atoms with E-state index in [1.807, 2.05) is 18.2 Å². The van der Waals surface area contributed by atoms with E-state index >= 15 is 0 Å². The third kappa shape index (κ3) is 4.05. The van der Waals surface area contributed by atoms with Crippen molar-refractivity contribution in [3.63, 3.8) is 0 Å². The molecule has 0 radical (unpaired) electrons. The number of amides is 2. The molecule has 7 nitrogen and oxygen atoms in total. The van der Waals surface area contributed by atoms with Crippen LogP contribution in [0.4, 0.5) is 5.69 Å². The molecule has 0 heterocycles. The zero-order valence-corrected chi connectivity index (χ0v) is 14.1. The summed E-state index contributed by atoms with van der Waals surface area (Å²) in [7, 11) is 0. The van der Waals surface area contributed by atoms with Gasteiger partial charge in [0.2, 0.25) is 0 Å². The molecular formula is C19H17N3O4. The number of carbonyl (C=O) groups excluding carboxylic acids is 2. The number of nitrogens with one attached hydrogen (secondary N) is 1. The van der Waals surface area contributed by atoms with Crippen LogP contribution in [0.15, 0.2) is 48.6 Å². The summed E-state index contributed by atoms with van der Waals surface area (Å²) in [5, 5.41) is 21.4. The quantitative estimate of drug-likeness (QED) is 0.611. The van der Waals surface area contributed by atoms with E-state index in [1.54, 1.807) is 31.2 Å². The van der Waals surface area contributed by atoms with E-state index in [1.165, 1.54) is 4.90 Å². The van der Waals surface area contributed by atoms with Crippen molar-refractivity contribution >= 4 is 34.2 Å². The Morgan fingerprint density at radius 1 is 1.19 bits per heavy atom. The van der Waals surface area contributed by atoms with Crippen molar-refractivity contribution in [3.05, 3.63) is 54.1 Å². The molecule has 0 saturated carbocycles. The van der Waals surface area contributed by atoms with Crippen LogP contribution in [0.3, 0.4) is 0 Å². The minimum absolute atomic E-state index is 0.166. The van der Waals surface area contributed by atoms with Gasteiger partial charge in [-0.1, -0.05) is 30.3 Å². The Labute approximate surface area is 150 Å². The average Bonchev–Trinajstić information content (AvgIpc) is 2.64. The fourth-order valence-electron chi connectivity index (χ4n) is 2.61. The number of anilines is 1. The molecule has 0 bridgehead atoms. The molecule has 0 fully saturated rings. The second-order valence-electron chi connectivity index (χ2n) is 5.28. The number of aliphatic carboxylic acids is 1. The molecule has 26 heavy (non-hydrogen) atoms. The zero-order valence-electron chi connectivity index (χ0n) is 14.1. The number of hydrogen-bond acceptors (Lipinski definition) is 4. The molecule has 2 amide bonds. The summed E-state index contributed by atoms with van der Waals surface area (Å²) in [5.41, 5.74) is 0.610. The molecule has 132 valence electrons. The van der Waals surface area contributed by atoms with Gasteiger partial charge in [0.25, 0.3) is 11.8 Å². The first-order valence-electron chi connectivity index (χ1n) is 7.89. The minimum atomic E-state index is -1.24. The zero-order chi connectivity index (χ0) is 19.1. The van der Waals surface area contributed by atoms with E-state index in [0.717, 1.165) is 17.5 Å². The third-order valence-corrected chi connectivity index (χ3v) is 3.70. The number of benzene rings is 2. The van der Waals surface area contributed by atoms with Crippen molar-refractivity contribution in [2.45, 2.75) is 6.92 Å². The van der Waals surface area contributed by atoms with Crippen molar-refractivity contribution in [2.75, 3.05) is 18.0 Å². The average molecular weight is 351 g/mol. The predicted molar refractivity (Wildman–Crippen MR) is 96.7 cm³/mol. The van der Waals surface area contributed by atoms with Crippen LogP contribution in [-0.4, -0.2) is 36.0 Å². The Kier molecular flexibility index (Phi) is 6.06. The first-order chi connectivity index (χ1) is 12.5. The van der Waals surface area contributed by atoms with Gasteiger partial charge >= 0.3 is 5.97 Å². The molecule has 0 aromatic heterocycles. The Bertz CT molecular complexity index is 928. The molecule has 0 aliphatic heterocycles. The Hall–Kier alpha value is -3.66. The fraction of sp³-hybridized carbons (Fsp3) is 0.158. The highest BCUT2D eigenvalue weighted by atomic mass is 16.4. The predicted octanol–water partition coefficient (Wildman–Crippen LogP) is 2.09. The summed E-state index contributed by atoms with van der Waals surface area (Å²) >= 11 is 0. The van der Waals surface area contributed by atoms with Gasteiger partial charge in [-0.15, -0.1) is 0 Å². The lowest BCUT2D eigenvalue weighted by atomic mass is 10.0. The highest BCUT2D eigenvalue weighted by molar-refractivity contribution is 6.15. The van der Waals surface area contributed by atoms with Gasteiger partial charge < -0.3 is 15.3 Å². The lowest BCUT2D eigenvalue weighted by molar-refractivity contribution is -0.131. The number of carboxylic acid groups (broad SMARTS) is 1. The Morgan fingerprint density at radius 2 is 1.92 bits per heavy atom. The maximum atomic E-state index is 12.6. The SMILES string of the molecule is CCN(C(=O)C=CC(=O)O)c1ccc2ccccc2c1C(=O)NCC#N. The largest absolute Gasteiger partial charge is 0.478 e. The minimum Gasteiger partial charge on any atom is -0.478 e. The van der Waals surface area contributed by atoms with Crippen molar-refractivity contribution in [3.8, 4) is 6.07 Å². The van der Waals surface area contributed by atoms with Gasteiger partial charge in [0.15, 0.2) is 0 Å². The summed E-state index contributed by atoms with van der Waals surface area (Å²) in [4.78, 5) is 37.0. The maximum absolute atomic E-state index is 12.6. The van der Waals surface area contributed by atoms with Crippen molar-refractivity contribution < 1.29 is 19.5 Å². The second-order valence-corrected chi connectivity index (χ2v) is 5.28. The molecule has 0 aliphatic rings. The number of nitrogens with zero attached hydrogens (tertiary/aromatic N) is 2. The molecule has 2 N–H and O–H groups in total. The summed E-state index contributed by atoms with van der Waals surface area (Å²) in [5.74, 6) is -2.27. The van der Waals surface area contributed by atoms with Crippen LogP contribution >= 0.6 is 0 Å². The van der Waals surface area contributed by atoms with Crippen molar-refractivity contribution in [1.29, 1.82) is 5.26 Å². The second kappa shape index (κ2) is 8.44. The van der Waals surface area contributed by atoms with E-state index in [0.29, 0.717) is 11.1 Å². The third-order valence-electron chi connectivity index (χ3n) is 3.70. The standard InChI is InChI=1S/C19H17N3O4/c1-2-22(16(23)9-10-17(24)25)15-8-7-13-5-3-4-6-14(13)18(15)19(26)21-12-11-20/h3-10H,2,12H2,1H3,(H,21,26)(H,24,25). The monoisotopic (exact) mass is 351 g/mol. The molecule has 0 spiro atoms. The van der Waals surface area contributed by atoms with Gasteiger partial charge in [-0.2, -0.15) is 5.26 Å². The summed E-state index contributed by atoms with van der Waals surface area (Å²) < 4.78 is 0. The normalized spacial score (nSPS) is 10.5. The maximum Gasteiger partial charge on any atom is 0.328 e.